The van der Waals surface area contributed by atoms with Gasteiger partial charge in [0.25, 0.3) is 0 Å². The number of methoxy groups -OCH3 is 1. The van der Waals surface area contributed by atoms with E-state index in [1.807, 2.05) is 18.2 Å². The Hall–Kier alpha value is -2.98. The third-order valence-electron chi connectivity index (χ3n) is 5.30. The molecule has 0 amide bonds. The minimum atomic E-state index is 0.0679. The number of hydrazine groups is 1. The largest absolute Gasteiger partial charge is 0.495 e. The highest BCUT2D eigenvalue weighted by Gasteiger charge is 2.28. The monoisotopic (exact) mass is 416 g/mol. The summed E-state index contributed by atoms with van der Waals surface area (Å²) in [4.78, 5) is 1.24. The van der Waals surface area contributed by atoms with Crippen LogP contribution in [0.3, 0.4) is 0 Å². The SMILES string of the molecule is COc1ccccc1N1NC(C=Cc2cccs2)=CC1c1ccc(C(C)(C)C)cc1. The van der Waals surface area contributed by atoms with Gasteiger partial charge in [0.1, 0.15) is 11.4 Å². The number of nitrogens with one attached hydrogen (secondary N) is 1. The molecule has 2 heterocycles. The fraction of sp³-hybridized carbons (Fsp3) is 0.231. The lowest BCUT2D eigenvalue weighted by atomic mass is 9.86. The van der Waals surface area contributed by atoms with Crippen LogP contribution in [0.15, 0.2) is 83.9 Å². The predicted octanol–water partition coefficient (Wildman–Crippen LogP) is 6.72. The maximum absolute atomic E-state index is 5.64. The third-order valence-corrected chi connectivity index (χ3v) is 6.14. The Morgan fingerprint density at radius 2 is 1.73 bits per heavy atom. The summed E-state index contributed by atoms with van der Waals surface area (Å²) in [6.07, 6.45) is 6.55. The van der Waals surface area contributed by atoms with Crippen molar-refractivity contribution in [2.75, 3.05) is 12.1 Å². The van der Waals surface area contributed by atoms with E-state index in [-0.39, 0.29) is 11.5 Å². The maximum Gasteiger partial charge on any atom is 0.144 e. The fourth-order valence-corrected chi connectivity index (χ4v) is 4.22. The first-order valence-electron chi connectivity index (χ1n) is 10.2. The number of thiophene rings is 1. The van der Waals surface area contributed by atoms with E-state index in [2.05, 4.69) is 97.3 Å². The number of anilines is 1. The topological polar surface area (TPSA) is 24.5 Å². The quantitative estimate of drug-likeness (QED) is 0.500. The van der Waals surface area contributed by atoms with Gasteiger partial charge >= 0.3 is 0 Å². The molecule has 4 heteroatoms. The van der Waals surface area contributed by atoms with Gasteiger partial charge in [0.15, 0.2) is 0 Å². The molecule has 0 fully saturated rings. The number of hydrogen-bond acceptors (Lipinski definition) is 4. The summed E-state index contributed by atoms with van der Waals surface area (Å²) in [5.41, 5.74) is 8.36. The Labute approximate surface area is 183 Å². The van der Waals surface area contributed by atoms with Gasteiger partial charge < -0.3 is 4.74 Å². The van der Waals surface area contributed by atoms with Crippen LogP contribution in [0.4, 0.5) is 5.69 Å². The fourth-order valence-electron chi connectivity index (χ4n) is 3.61. The van der Waals surface area contributed by atoms with Crippen LogP contribution >= 0.6 is 11.3 Å². The number of rotatable bonds is 5. The Morgan fingerprint density at radius 1 is 0.967 bits per heavy atom. The highest BCUT2D eigenvalue weighted by molar-refractivity contribution is 7.10. The number of hydrogen-bond donors (Lipinski definition) is 1. The number of benzene rings is 2. The number of para-hydroxylation sites is 2. The van der Waals surface area contributed by atoms with Crippen LogP contribution in [-0.4, -0.2) is 7.11 Å². The lowest BCUT2D eigenvalue weighted by Crippen LogP contribution is -2.34. The van der Waals surface area contributed by atoms with E-state index >= 15 is 0 Å². The normalized spacial score (nSPS) is 16.6. The van der Waals surface area contributed by atoms with Crippen molar-refractivity contribution in [1.82, 2.24) is 5.43 Å². The summed E-state index contributed by atoms with van der Waals surface area (Å²) in [7, 11) is 1.72. The molecular weight excluding hydrogens is 388 g/mol. The van der Waals surface area contributed by atoms with Gasteiger partial charge in [0.05, 0.1) is 18.8 Å². The van der Waals surface area contributed by atoms with Crippen LogP contribution in [-0.2, 0) is 5.41 Å². The molecule has 1 aromatic heterocycles. The molecule has 4 rings (SSSR count). The smallest absolute Gasteiger partial charge is 0.144 e. The van der Waals surface area contributed by atoms with E-state index < -0.39 is 0 Å². The summed E-state index contributed by atoms with van der Waals surface area (Å²) in [6, 6.07) is 21.3. The Kier molecular flexibility index (Phi) is 5.69. The molecule has 1 N–H and O–H groups in total. The maximum atomic E-state index is 5.64. The first-order chi connectivity index (χ1) is 14.5. The second-order valence-electron chi connectivity index (χ2n) is 8.44. The van der Waals surface area contributed by atoms with Crippen molar-refractivity contribution < 1.29 is 4.74 Å². The zero-order valence-corrected chi connectivity index (χ0v) is 18.7. The van der Waals surface area contributed by atoms with Gasteiger partial charge in [-0.15, -0.1) is 11.3 Å². The van der Waals surface area contributed by atoms with E-state index in [1.165, 1.54) is 16.0 Å². The summed E-state index contributed by atoms with van der Waals surface area (Å²) < 4.78 is 5.64. The molecule has 154 valence electrons. The first kappa shape index (κ1) is 20.3. The molecule has 3 aromatic rings. The number of nitrogens with zero attached hydrogens (tertiary/aromatic N) is 1. The van der Waals surface area contributed by atoms with Crippen LogP contribution in [0.25, 0.3) is 6.08 Å². The Bertz CT molecular complexity index is 1040. The molecule has 1 unspecified atom stereocenters. The van der Waals surface area contributed by atoms with Gasteiger partial charge in [-0.1, -0.05) is 63.2 Å². The Balaban J connectivity index is 1.70. The molecule has 1 atom stereocenters. The number of ether oxygens (including phenoxy) is 1. The van der Waals surface area contributed by atoms with Crippen molar-refractivity contribution in [3.63, 3.8) is 0 Å². The second-order valence-corrected chi connectivity index (χ2v) is 9.42. The van der Waals surface area contributed by atoms with Crippen molar-refractivity contribution in [2.24, 2.45) is 0 Å². The lowest BCUT2D eigenvalue weighted by molar-refractivity contribution is 0.413. The van der Waals surface area contributed by atoms with Crippen LogP contribution in [0.1, 0.15) is 42.8 Å². The molecule has 1 aliphatic rings. The molecule has 0 bridgehead atoms. The molecule has 0 saturated carbocycles. The van der Waals surface area contributed by atoms with Crippen LogP contribution < -0.4 is 15.2 Å². The summed E-state index contributed by atoms with van der Waals surface area (Å²) in [5, 5.41) is 4.27. The first-order valence-corrected chi connectivity index (χ1v) is 11.1. The average Bonchev–Trinajstić information content (AvgIpc) is 3.41. The van der Waals surface area contributed by atoms with Crippen molar-refractivity contribution in [2.45, 2.75) is 32.2 Å². The van der Waals surface area contributed by atoms with Gasteiger partial charge in [-0.2, -0.15) is 0 Å². The van der Waals surface area contributed by atoms with E-state index in [9.17, 15) is 0 Å². The average molecular weight is 417 g/mol. The summed E-state index contributed by atoms with van der Waals surface area (Å²) in [5.74, 6) is 0.846. The van der Waals surface area contributed by atoms with E-state index in [1.54, 1.807) is 18.4 Å². The van der Waals surface area contributed by atoms with Crippen LogP contribution in [0.2, 0.25) is 0 Å². The summed E-state index contributed by atoms with van der Waals surface area (Å²) >= 11 is 1.74. The third kappa shape index (κ3) is 4.29. The van der Waals surface area contributed by atoms with Gasteiger partial charge in [-0.05, 0) is 58.3 Å². The zero-order valence-electron chi connectivity index (χ0n) is 17.9. The summed E-state index contributed by atoms with van der Waals surface area (Å²) in [6.45, 7) is 6.73. The molecule has 1 aliphatic heterocycles. The highest BCUT2D eigenvalue weighted by atomic mass is 32.1. The van der Waals surface area contributed by atoms with Crippen molar-refractivity contribution >= 4 is 23.1 Å². The Morgan fingerprint density at radius 3 is 2.40 bits per heavy atom. The number of allylic oxidation sites excluding steroid dienone is 1. The van der Waals surface area contributed by atoms with E-state index in [0.717, 1.165) is 17.1 Å². The molecule has 0 spiro atoms. The second kappa shape index (κ2) is 8.41. The molecule has 30 heavy (non-hydrogen) atoms. The van der Waals surface area contributed by atoms with Crippen molar-refractivity contribution in [1.29, 1.82) is 0 Å². The molecule has 0 aliphatic carbocycles. The van der Waals surface area contributed by atoms with Crippen molar-refractivity contribution in [3.05, 3.63) is 99.9 Å². The van der Waals surface area contributed by atoms with Gasteiger partial charge in [0.2, 0.25) is 0 Å². The predicted molar refractivity (Wildman–Crippen MR) is 128 cm³/mol. The molecule has 0 saturated heterocycles. The van der Waals surface area contributed by atoms with Gasteiger partial charge in [-0.25, -0.2) is 0 Å². The minimum absolute atomic E-state index is 0.0679. The van der Waals surface area contributed by atoms with E-state index in [0.29, 0.717) is 0 Å². The highest BCUT2D eigenvalue weighted by Crippen LogP contribution is 2.38. The van der Waals surface area contributed by atoms with Gasteiger partial charge in [-0.3, -0.25) is 10.4 Å². The molecule has 2 aromatic carbocycles. The van der Waals surface area contributed by atoms with Gasteiger partial charge in [0, 0.05) is 4.88 Å². The molecular formula is C26H28N2OS. The molecule has 0 radical (unpaired) electrons. The standard InChI is InChI=1S/C26H28N2OS/c1-26(2,3)20-13-11-19(12-14-20)24-18-21(15-16-22-8-7-17-30-22)27-28(24)23-9-5-6-10-25(23)29-4/h5-18,24,27H,1-4H3. The minimum Gasteiger partial charge on any atom is -0.495 e. The van der Waals surface area contributed by atoms with Crippen LogP contribution in [0.5, 0.6) is 5.75 Å². The lowest BCUT2D eigenvalue weighted by Gasteiger charge is -2.29. The zero-order chi connectivity index (χ0) is 21.1. The van der Waals surface area contributed by atoms with Crippen LogP contribution in [0, 0.1) is 0 Å². The van der Waals surface area contributed by atoms with E-state index in [4.69, 9.17) is 4.74 Å². The van der Waals surface area contributed by atoms with Crippen molar-refractivity contribution in [3.8, 4) is 5.75 Å². The molecule has 3 nitrogen and oxygen atoms in total.